The first kappa shape index (κ1) is 52.6. The van der Waals surface area contributed by atoms with Gasteiger partial charge in [-0.1, -0.05) is 151 Å². The summed E-state index contributed by atoms with van der Waals surface area (Å²) < 4.78 is 16.6. The van der Waals surface area contributed by atoms with E-state index in [1.165, 1.54) is 44.9 Å². The van der Waals surface area contributed by atoms with E-state index >= 15 is 0 Å². The molecule has 1 unspecified atom stereocenters. The minimum Gasteiger partial charge on any atom is -0.462 e. The van der Waals surface area contributed by atoms with Gasteiger partial charge in [0.25, 0.3) is 0 Å². The Bertz CT molecular complexity index is 1120. The van der Waals surface area contributed by atoms with Crippen molar-refractivity contribution in [2.24, 2.45) is 0 Å². The molecule has 0 amide bonds. The van der Waals surface area contributed by atoms with Crippen molar-refractivity contribution >= 4 is 17.9 Å². The van der Waals surface area contributed by atoms with Gasteiger partial charge in [0.1, 0.15) is 13.2 Å². The van der Waals surface area contributed by atoms with Gasteiger partial charge in [0, 0.05) is 19.3 Å². The lowest BCUT2D eigenvalue weighted by molar-refractivity contribution is -0.167. The average molecular weight is 779 g/mol. The molecule has 0 aliphatic rings. The fraction of sp³-hybridized carbons (Fsp3) is 0.660. The zero-order valence-electron chi connectivity index (χ0n) is 36.1. The molecule has 56 heavy (non-hydrogen) atoms. The van der Waals surface area contributed by atoms with Crippen LogP contribution >= 0.6 is 0 Å². The lowest BCUT2D eigenvalue weighted by Crippen LogP contribution is -2.30. The molecule has 0 aromatic carbocycles. The Labute approximate surface area is 344 Å². The van der Waals surface area contributed by atoms with E-state index in [-0.39, 0.29) is 37.5 Å². The highest BCUT2D eigenvalue weighted by atomic mass is 16.6. The molecule has 0 radical (unpaired) electrons. The van der Waals surface area contributed by atoms with Crippen molar-refractivity contribution in [3.8, 4) is 0 Å². The molecule has 0 aliphatic carbocycles. The smallest absolute Gasteiger partial charge is 0.306 e. The summed E-state index contributed by atoms with van der Waals surface area (Å²) in [4.78, 5) is 37.7. The van der Waals surface area contributed by atoms with Crippen LogP contribution in [0.25, 0.3) is 0 Å². The van der Waals surface area contributed by atoms with Crippen LogP contribution in [0.15, 0.2) is 85.1 Å². The van der Waals surface area contributed by atoms with Gasteiger partial charge in [-0.2, -0.15) is 0 Å². The molecule has 1 atom stereocenters. The SMILES string of the molecule is CC/C=C\C/C=C\C/C=C\CCCCC(=O)OCC(COC(=O)CCCCC/C=C\CCCCCCCCC)OC(=O)CCCC/C=C\C/C=C\C/C=C\CC. The third-order valence-electron chi connectivity index (χ3n) is 9.11. The number of allylic oxidation sites excluding steroid dienone is 14. The summed E-state index contributed by atoms with van der Waals surface area (Å²) in [7, 11) is 0. The summed E-state index contributed by atoms with van der Waals surface area (Å²) in [5, 5.41) is 0. The van der Waals surface area contributed by atoms with E-state index < -0.39 is 6.10 Å². The third kappa shape index (κ3) is 41.7. The zero-order valence-corrected chi connectivity index (χ0v) is 36.1. The molecule has 0 spiro atoms. The minimum atomic E-state index is -0.816. The first-order valence-corrected chi connectivity index (χ1v) is 22.6. The van der Waals surface area contributed by atoms with Crippen LogP contribution in [0.2, 0.25) is 0 Å². The van der Waals surface area contributed by atoms with Crippen LogP contribution in [0.3, 0.4) is 0 Å². The molecule has 0 rings (SSSR count). The monoisotopic (exact) mass is 779 g/mol. The highest BCUT2D eigenvalue weighted by molar-refractivity contribution is 5.71. The molecule has 318 valence electrons. The summed E-state index contributed by atoms with van der Waals surface area (Å²) in [6.45, 7) is 6.29. The Morgan fingerprint density at radius 1 is 0.375 bits per heavy atom. The van der Waals surface area contributed by atoms with E-state index in [4.69, 9.17) is 14.2 Å². The lowest BCUT2D eigenvalue weighted by Gasteiger charge is -2.18. The van der Waals surface area contributed by atoms with Gasteiger partial charge in [0.15, 0.2) is 6.10 Å². The number of unbranched alkanes of at least 4 members (excludes halogenated alkanes) is 14. The summed E-state index contributed by atoms with van der Waals surface area (Å²) in [6, 6.07) is 0. The highest BCUT2D eigenvalue weighted by Crippen LogP contribution is 2.11. The van der Waals surface area contributed by atoms with Gasteiger partial charge in [0.2, 0.25) is 0 Å². The molecule has 6 heteroatoms. The number of carbonyl (C=O) groups is 3. The Morgan fingerprint density at radius 2 is 0.696 bits per heavy atom. The van der Waals surface area contributed by atoms with Crippen LogP contribution < -0.4 is 0 Å². The van der Waals surface area contributed by atoms with Crippen molar-refractivity contribution in [2.45, 2.75) is 200 Å². The number of hydrogen-bond donors (Lipinski definition) is 0. The van der Waals surface area contributed by atoms with Gasteiger partial charge in [-0.15, -0.1) is 0 Å². The van der Waals surface area contributed by atoms with E-state index in [1.54, 1.807) is 0 Å². The normalized spacial score (nSPS) is 12.8. The van der Waals surface area contributed by atoms with Crippen molar-refractivity contribution in [3.05, 3.63) is 85.1 Å². The van der Waals surface area contributed by atoms with E-state index in [2.05, 4.69) is 106 Å². The maximum atomic E-state index is 12.7. The summed E-state index contributed by atoms with van der Waals surface area (Å²) in [5.74, 6) is -1.02. The average Bonchev–Trinajstić information content (AvgIpc) is 3.19. The van der Waals surface area contributed by atoms with Crippen molar-refractivity contribution < 1.29 is 28.6 Å². The van der Waals surface area contributed by atoms with E-state index in [9.17, 15) is 14.4 Å². The Balaban J connectivity index is 4.52. The molecule has 0 aromatic rings. The number of esters is 3. The molecular weight excluding hydrogens is 697 g/mol. The van der Waals surface area contributed by atoms with Crippen molar-refractivity contribution in [1.82, 2.24) is 0 Å². The fourth-order valence-electron chi connectivity index (χ4n) is 5.76. The van der Waals surface area contributed by atoms with Crippen LogP contribution in [0.4, 0.5) is 0 Å². The second kappa shape index (κ2) is 44.3. The quantitative estimate of drug-likeness (QED) is 0.0268. The first-order chi connectivity index (χ1) is 27.5. The molecule has 0 fully saturated rings. The predicted molar refractivity (Wildman–Crippen MR) is 237 cm³/mol. The number of carbonyl (C=O) groups excluding carboxylic acids is 3. The molecule has 0 aliphatic heterocycles. The highest BCUT2D eigenvalue weighted by Gasteiger charge is 2.19. The Morgan fingerprint density at radius 3 is 1.14 bits per heavy atom. The van der Waals surface area contributed by atoms with Crippen LogP contribution in [-0.4, -0.2) is 37.2 Å². The van der Waals surface area contributed by atoms with Crippen molar-refractivity contribution in [2.75, 3.05) is 13.2 Å². The molecule has 0 saturated carbocycles. The zero-order chi connectivity index (χ0) is 40.8. The Hall–Kier alpha value is -3.41. The summed E-state index contributed by atoms with van der Waals surface area (Å²) in [5.41, 5.74) is 0. The van der Waals surface area contributed by atoms with Gasteiger partial charge in [0.05, 0.1) is 0 Å². The summed E-state index contributed by atoms with van der Waals surface area (Å²) in [6.07, 6.45) is 55.8. The molecular formula is C50H82O6. The second-order valence-corrected chi connectivity index (χ2v) is 14.5. The topological polar surface area (TPSA) is 78.9 Å². The van der Waals surface area contributed by atoms with Crippen molar-refractivity contribution in [1.29, 1.82) is 0 Å². The van der Waals surface area contributed by atoms with E-state index in [0.717, 1.165) is 103 Å². The number of hydrogen-bond acceptors (Lipinski definition) is 6. The van der Waals surface area contributed by atoms with Crippen molar-refractivity contribution in [3.63, 3.8) is 0 Å². The van der Waals surface area contributed by atoms with Gasteiger partial charge < -0.3 is 14.2 Å². The Kier molecular flexibility index (Phi) is 41.6. The second-order valence-electron chi connectivity index (χ2n) is 14.5. The molecule has 6 nitrogen and oxygen atoms in total. The minimum absolute atomic E-state index is 0.113. The maximum absolute atomic E-state index is 12.7. The molecule has 0 N–H and O–H groups in total. The molecule has 0 bridgehead atoms. The van der Waals surface area contributed by atoms with Crippen LogP contribution in [0.1, 0.15) is 194 Å². The van der Waals surface area contributed by atoms with Crippen LogP contribution in [0.5, 0.6) is 0 Å². The lowest BCUT2D eigenvalue weighted by atomic mass is 10.1. The van der Waals surface area contributed by atoms with Gasteiger partial charge in [-0.05, 0) is 109 Å². The maximum Gasteiger partial charge on any atom is 0.306 e. The van der Waals surface area contributed by atoms with Gasteiger partial charge in [-0.3, -0.25) is 14.4 Å². The third-order valence-corrected chi connectivity index (χ3v) is 9.11. The first-order valence-electron chi connectivity index (χ1n) is 22.6. The van der Waals surface area contributed by atoms with Gasteiger partial charge in [-0.25, -0.2) is 0 Å². The van der Waals surface area contributed by atoms with E-state index in [1.807, 2.05) is 0 Å². The largest absolute Gasteiger partial charge is 0.462 e. The molecule has 0 saturated heterocycles. The molecule has 0 heterocycles. The van der Waals surface area contributed by atoms with Crippen LogP contribution in [0, 0.1) is 0 Å². The van der Waals surface area contributed by atoms with Crippen LogP contribution in [-0.2, 0) is 28.6 Å². The fourth-order valence-corrected chi connectivity index (χ4v) is 5.76. The summed E-state index contributed by atoms with van der Waals surface area (Å²) >= 11 is 0. The number of ether oxygens (including phenoxy) is 3. The standard InChI is InChI=1S/C50H82O6/c1-4-7-10-13-16-19-22-25-26-29-31-34-37-40-43-49(52)55-46-47(56-50(53)44-41-38-35-32-28-24-21-18-15-12-9-6-3)45-54-48(51)42-39-36-33-30-27-23-20-17-14-11-8-5-2/h8-9,11-12,17-18,20-21,26-30,32,47H,4-7,10,13-16,19,22-25,31,33-46H2,1-3H3/b11-8-,12-9-,20-17-,21-18-,29-26-,30-27-,32-28-. The molecule has 0 aromatic heterocycles. The van der Waals surface area contributed by atoms with E-state index in [0.29, 0.717) is 19.3 Å². The van der Waals surface area contributed by atoms with Gasteiger partial charge >= 0.3 is 17.9 Å². The number of rotatable bonds is 39. The predicted octanol–water partition coefficient (Wildman–Crippen LogP) is 14.5.